The smallest absolute Gasteiger partial charge is 0.407 e. The van der Waals surface area contributed by atoms with Crippen molar-refractivity contribution in [1.29, 1.82) is 0 Å². The van der Waals surface area contributed by atoms with Gasteiger partial charge in [-0.2, -0.15) is 4.98 Å². The summed E-state index contributed by atoms with van der Waals surface area (Å²) < 4.78 is 40.3. The van der Waals surface area contributed by atoms with Crippen LogP contribution in [0.2, 0.25) is 0 Å². The number of ether oxygens (including phenoxy) is 2. The Bertz CT molecular complexity index is 1560. The number of aromatic nitrogens is 4. The van der Waals surface area contributed by atoms with Crippen molar-refractivity contribution in [1.82, 2.24) is 30.3 Å². The first kappa shape index (κ1) is 34.5. The van der Waals surface area contributed by atoms with Gasteiger partial charge < -0.3 is 34.0 Å². The number of benzene rings is 1. The largest absolute Gasteiger partial charge is 0.444 e. The van der Waals surface area contributed by atoms with E-state index in [-0.39, 0.29) is 29.6 Å². The van der Waals surface area contributed by atoms with E-state index in [1.54, 1.807) is 19.5 Å². The number of nitrogens with one attached hydrogen (secondary N) is 1. The molecule has 2 aromatic heterocycles. The maximum atomic E-state index is 13.7. The number of rotatable bonds is 8. The van der Waals surface area contributed by atoms with Crippen molar-refractivity contribution in [2.24, 2.45) is 0 Å². The molecule has 0 radical (unpaired) electrons. The van der Waals surface area contributed by atoms with Crippen LogP contribution in [0.3, 0.4) is 0 Å². The molecule has 264 valence electrons. The minimum Gasteiger partial charge on any atom is -0.444 e. The lowest BCUT2D eigenvalue weighted by Gasteiger charge is -2.38. The predicted molar refractivity (Wildman–Crippen MR) is 175 cm³/mol. The van der Waals surface area contributed by atoms with Crippen molar-refractivity contribution < 1.29 is 32.4 Å². The van der Waals surface area contributed by atoms with Crippen molar-refractivity contribution in [2.45, 2.75) is 95.0 Å². The van der Waals surface area contributed by atoms with Crippen molar-refractivity contribution in [3.63, 3.8) is 0 Å². The van der Waals surface area contributed by atoms with Crippen LogP contribution in [0.4, 0.5) is 25.5 Å². The van der Waals surface area contributed by atoms with Gasteiger partial charge in [-0.15, -0.1) is 0 Å². The van der Waals surface area contributed by atoms with Crippen LogP contribution in [-0.2, 0) is 15.1 Å². The van der Waals surface area contributed by atoms with Crippen molar-refractivity contribution in [3.05, 3.63) is 59.7 Å². The molecule has 2 amide bonds. The van der Waals surface area contributed by atoms with Gasteiger partial charge in [0.25, 0.3) is 5.91 Å². The van der Waals surface area contributed by atoms with Crippen molar-refractivity contribution in [3.8, 4) is 0 Å². The highest BCUT2D eigenvalue weighted by Crippen LogP contribution is 2.47. The maximum Gasteiger partial charge on any atom is 0.407 e. The lowest BCUT2D eigenvalue weighted by molar-refractivity contribution is 0.0508. The summed E-state index contributed by atoms with van der Waals surface area (Å²) in [7, 11) is 1.69. The highest BCUT2D eigenvalue weighted by atomic mass is 19.1. The molecular weight excluding hydrogens is 638 g/mol. The number of amides is 2. The maximum absolute atomic E-state index is 13.7. The van der Waals surface area contributed by atoms with Crippen LogP contribution in [0.25, 0.3) is 0 Å². The van der Waals surface area contributed by atoms with E-state index in [0.29, 0.717) is 36.4 Å². The lowest BCUT2D eigenvalue weighted by atomic mass is 10.0. The zero-order valence-corrected chi connectivity index (χ0v) is 28.4. The highest BCUT2D eigenvalue weighted by Gasteiger charge is 2.49. The topological polar surface area (TPSA) is 139 Å². The molecule has 2 saturated heterocycles. The summed E-state index contributed by atoms with van der Waals surface area (Å²) in [4.78, 5) is 45.6. The van der Waals surface area contributed by atoms with Gasteiger partial charge >= 0.3 is 12.1 Å². The van der Waals surface area contributed by atoms with Gasteiger partial charge in [-0.25, -0.2) is 23.5 Å². The van der Waals surface area contributed by atoms with Crippen LogP contribution in [0.15, 0.2) is 41.2 Å². The molecule has 2 saturated carbocycles. The molecule has 0 bridgehead atoms. The molecule has 0 spiro atoms. The quantitative estimate of drug-likeness (QED) is 0.349. The fraction of sp³-hybridized carbons (Fsp3) is 0.588. The Morgan fingerprint density at radius 2 is 1.53 bits per heavy atom. The number of hydrogen-bond acceptors (Lipinski definition) is 11. The van der Waals surface area contributed by atoms with Gasteiger partial charge in [0.1, 0.15) is 22.8 Å². The molecule has 7 rings (SSSR count). The van der Waals surface area contributed by atoms with Gasteiger partial charge in [0.15, 0.2) is 0 Å². The third kappa shape index (κ3) is 8.61. The number of carbonyl (C=O) groups excluding carboxylic acids is 2. The van der Waals surface area contributed by atoms with E-state index >= 15 is 0 Å². The third-order valence-electron chi connectivity index (χ3n) is 9.10. The molecule has 13 nitrogen and oxygen atoms in total. The van der Waals surface area contributed by atoms with Crippen LogP contribution >= 0.6 is 0 Å². The molecule has 1 aromatic carbocycles. The Morgan fingerprint density at radius 3 is 2.08 bits per heavy atom. The average molecular weight is 683 g/mol. The third-order valence-corrected chi connectivity index (χ3v) is 9.10. The van der Waals surface area contributed by atoms with Gasteiger partial charge in [0.2, 0.25) is 11.8 Å². The normalized spacial score (nSPS) is 20.3. The van der Waals surface area contributed by atoms with E-state index in [0.717, 1.165) is 82.3 Å². The molecule has 15 heteroatoms. The fourth-order valence-corrected chi connectivity index (χ4v) is 6.19. The van der Waals surface area contributed by atoms with Crippen LogP contribution in [-0.4, -0.2) is 94.0 Å². The first-order valence-electron chi connectivity index (χ1n) is 16.9. The first-order valence-corrected chi connectivity index (χ1v) is 16.9. The van der Waals surface area contributed by atoms with Gasteiger partial charge in [0.05, 0.1) is 11.6 Å². The number of hydrogen-bond donors (Lipinski definition) is 1. The van der Waals surface area contributed by atoms with E-state index in [2.05, 4.69) is 35.2 Å². The second-order valence-corrected chi connectivity index (χ2v) is 14.0. The Kier molecular flexibility index (Phi) is 10.00. The van der Waals surface area contributed by atoms with Crippen LogP contribution in [0.1, 0.15) is 81.9 Å². The molecule has 4 heterocycles. The van der Waals surface area contributed by atoms with Crippen LogP contribution in [0, 0.1) is 11.6 Å². The van der Waals surface area contributed by atoms with Crippen LogP contribution < -0.4 is 15.1 Å². The summed E-state index contributed by atoms with van der Waals surface area (Å²) in [5, 5.41) is 7.08. The molecule has 1 N–H and O–H groups in total. The Hall–Kier alpha value is -4.40. The van der Waals surface area contributed by atoms with E-state index in [1.807, 2.05) is 25.7 Å². The summed E-state index contributed by atoms with van der Waals surface area (Å²) in [6.45, 7) is 8.32. The summed E-state index contributed by atoms with van der Waals surface area (Å²) in [5.41, 5.74) is -0.414. The lowest BCUT2D eigenvalue weighted by Crippen LogP contribution is -2.48. The first-order chi connectivity index (χ1) is 23.4. The Morgan fingerprint density at radius 1 is 0.939 bits per heavy atom. The molecule has 49 heavy (non-hydrogen) atoms. The number of anilines is 2. The summed E-state index contributed by atoms with van der Waals surface area (Å²) in [5.74, 6) is 0.345. The molecule has 4 aliphatic rings. The average Bonchev–Trinajstić information content (AvgIpc) is 3.98. The van der Waals surface area contributed by atoms with Gasteiger partial charge in [-0.3, -0.25) is 4.79 Å². The highest BCUT2D eigenvalue weighted by molar-refractivity contribution is 5.94. The van der Waals surface area contributed by atoms with E-state index < -0.39 is 23.3 Å². The second-order valence-electron chi connectivity index (χ2n) is 14.0. The predicted octanol–water partition coefficient (Wildman–Crippen LogP) is 4.84. The SMILES string of the molecule is COC1(c2noc(N3CCC(N(C(=O)c4cnc(N5CC[C@@H](NC(=O)OC(C)(C)C)C5)nc4)C4CC4)CC3)n2)CC1.Fc1ccc(F)cc1. The number of carbonyl (C=O) groups is 2. The molecule has 2 aliphatic heterocycles. The van der Waals surface area contributed by atoms with E-state index in [1.165, 1.54) is 0 Å². The summed E-state index contributed by atoms with van der Waals surface area (Å²) >= 11 is 0. The molecular formula is C34H44F2N8O5. The number of methoxy groups -OCH3 is 1. The summed E-state index contributed by atoms with van der Waals surface area (Å²) in [6.07, 6.45) is 9.15. The minimum atomic E-state index is -0.541. The molecule has 1 atom stereocenters. The van der Waals surface area contributed by atoms with Crippen LogP contribution in [0.5, 0.6) is 0 Å². The minimum absolute atomic E-state index is 0.0146. The zero-order valence-electron chi connectivity index (χ0n) is 28.4. The molecule has 2 aliphatic carbocycles. The summed E-state index contributed by atoms with van der Waals surface area (Å²) in [6, 6.07) is 5.21. The molecule has 4 fully saturated rings. The van der Waals surface area contributed by atoms with Gasteiger partial charge in [-0.1, -0.05) is 5.16 Å². The number of alkyl carbamates (subject to hydrolysis) is 1. The molecule has 0 unspecified atom stereocenters. The monoisotopic (exact) mass is 682 g/mol. The Balaban J connectivity index is 0.000000459. The van der Waals surface area contributed by atoms with E-state index in [9.17, 15) is 18.4 Å². The zero-order chi connectivity index (χ0) is 34.8. The number of piperidine rings is 1. The molecule has 3 aromatic rings. The number of halogens is 2. The second kappa shape index (κ2) is 14.2. The Labute approximate surface area is 284 Å². The van der Waals surface area contributed by atoms with E-state index in [4.69, 9.17) is 14.0 Å². The van der Waals surface area contributed by atoms with Crippen molar-refractivity contribution in [2.75, 3.05) is 43.1 Å². The number of nitrogens with zero attached hydrogens (tertiary/aromatic N) is 7. The van der Waals surface area contributed by atoms with Gasteiger partial charge in [-0.05, 0) is 90.0 Å². The van der Waals surface area contributed by atoms with Crippen molar-refractivity contribution >= 4 is 24.0 Å². The van der Waals surface area contributed by atoms with Gasteiger partial charge in [0, 0.05) is 57.8 Å². The standard InChI is InChI=1S/C28H40N8O5.C6H4F2/c1-27(2,3)40-26(38)31-19-7-12-35(17-19)24-29-15-18(16-30-24)22(37)36(20-5-6-20)21-8-13-34(14-9-21)25-32-23(33-41-25)28(39-4)10-11-28;7-5-1-2-6(8)4-3-5/h15-16,19-21H,5-14,17H2,1-4H3,(H,31,38);1-4H/t19-;/m1./s1. The fourth-order valence-electron chi connectivity index (χ4n) is 6.19.